The molecule has 122 valence electrons. The molecular formula is C15H9Cl3N4OS. The summed E-state index contributed by atoms with van der Waals surface area (Å²) in [7, 11) is 0. The number of carbonyl (C=O) groups is 1. The Morgan fingerprint density at radius 1 is 0.917 bits per heavy atom. The second kappa shape index (κ2) is 7.36. The first-order valence-electron chi connectivity index (χ1n) is 6.64. The fourth-order valence-corrected chi connectivity index (χ4v) is 3.21. The average Bonchev–Trinajstić information content (AvgIpc) is 2.99. The summed E-state index contributed by atoms with van der Waals surface area (Å²) in [5, 5.41) is 15.5. The van der Waals surface area contributed by atoms with Gasteiger partial charge in [0.15, 0.2) is 5.01 Å². The van der Waals surface area contributed by atoms with Gasteiger partial charge in [0.1, 0.15) is 0 Å². The smallest absolute Gasteiger partial charge is 0.308 e. The molecule has 3 aromatic rings. The van der Waals surface area contributed by atoms with Crippen LogP contribution in [0.15, 0.2) is 42.5 Å². The lowest BCUT2D eigenvalue weighted by Crippen LogP contribution is -2.19. The molecule has 0 aliphatic carbocycles. The van der Waals surface area contributed by atoms with Crippen LogP contribution in [0.25, 0.3) is 10.6 Å². The Kier molecular flexibility index (Phi) is 5.20. The molecule has 0 radical (unpaired) electrons. The Labute approximate surface area is 156 Å². The van der Waals surface area contributed by atoms with E-state index in [9.17, 15) is 4.79 Å². The van der Waals surface area contributed by atoms with Gasteiger partial charge in [-0.3, -0.25) is 5.32 Å². The third-order valence-electron chi connectivity index (χ3n) is 2.93. The number of anilines is 2. The van der Waals surface area contributed by atoms with Crippen LogP contribution < -0.4 is 10.6 Å². The van der Waals surface area contributed by atoms with Crippen LogP contribution in [-0.2, 0) is 0 Å². The molecule has 2 amide bonds. The molecule has 0 atom stereocenters. The van der Waals surface area contributed by atoms with Gasteiger partial charge in [0.2, 0.25) is 5.13 Å². The summed E-state index contributed by atoms with van der Waals surface area (Å²) in [5.74, 6) is 0. The molecule has 0 saturated carbocycles. The van der Waals surface area contributed by atoms with Gasteiger partial charge in [-0.15, -0.1) is 10.2 Å². The van der Waals surface area contributed by atoms with Crippen molar-refractivity contribution in [2.75, 3.05) is 10.6 Å². The van der Waals surface area contributed by atoms with E-state index in [0.717, 1.165) is 5.56 Å². The fourth-order valence-electron chi connectivity index (χ4n) is 1.85. The Morgan fingerprint density at radius 2 is 1.71 bits per heavy atom. The molecule has 0 spiro atoms. The topological polar surface area (TPSA) is 66.9 Å². The maximum atomic E-state index is 12.0. The number of halogens is 3. The zero-order valence-corrected chi connectivity index (χ0v) is 15.0. The number of aromatic nitrogens is 2. The van der Waals surface area contributed by atoms with Crippen molar-refractivity contribution in [3.8, 4) is 10.6 Å². The van der Waals surface area contributed by atoms with Crippen molar-refractivity contribution >= 4 is 63.0 Å². The van der Waals surface area contributed by atoms with Crippen molar-refractivity contribution in [3.05, 3.63) is 57.5 Å². The van der Waals surface area contributed by atoms with Gasteiger partial charge >= 0.3 is 6.03 Å². The van der Waals surface area contributed by atoms with E-state index >= 15 is 0 Å². The van der Waals surface area contributed by atoms with E-state index in [2.05, 4.69) is 20.8 Å². The standard InChI is InChI=1S/C15H9Cl3N4OS/c16-10-4-2-1-3-9(10)13-21-22-15(24-13)20-14(23)19-8-5-6-11(17)12(18)7-8/h1-7H,(H2,19,20,22,23). The first-order valence-corrected chi connectivity index (χ1v) is 8.59. The first kappa shape index (κ1) is 17.0. The lowest BCUT2D eigenvalue weighted by atomic mass is 10.2. The predicted molar refractivity (Wildman–Crippen MR) is 99.5 cm³/mol. The minimum atomic E-state index is -0.463. The van der Waals surface area contributed by atoms with E-state index < -0.39 is 6.03 Å². The van der Waals surface area contributed by atoms with Crippen LogP contribution in [-0.4, -0.2) is 16.2 Å². The first-order chi connectivity index (χ1) is 11.5. The molecule has 1 heterocycles. The van der Waals surface area contributed by atoms with Crippen molar-refractivity contribution in [2.45, 2.75) is 0 Å². The molecule has 0 aliphatic rings. The Hall–Kier alpha value is -1.86. The van der Waals surface area contributed by atoms with Crippen LogP contribution in [0.1, 0.15) is 0 Å². The van der Waals surface area contributed by atoms with Gasteiger partial charge in [0.05, 0.1) is 15.1 Å². The number of carbonyl (C=O) groups excluding carboxylic acids is 1. The minimum Gasteiger partial charge on any atom is -0.308 e. The van der Waals surface area contributed by atoms with Gasteiger partial charge in [-0.05, 0) is 24.3 Å². The van der Waals surface area contributed by atoms with Crippen LogP contribution in [0.4, 0.5) is 15.6 Å². The van der Waals surface area contributed by atoms with Crippen LogP contribution in [0.2, 0.25) is 15.1 Å². The second-order valence-electron chi connectivity index (χ2n) is 4.60. The molecular weight excluding hydrogens is 391 g/mol. The SMILES string of the molecule is O=C(Nc1ccc(Cl)c(Cl)c1)Nc1nnc(-c2ccccc2Cl)s1. The molecule has 0 saturated heterocycles. The fraction of sp³-hybridized carbons (Fsp3) is 0. The highest BCUT2D eigenvalue weighted by atomic mass is 35.5. The van der Waals surface area contributed by atoms with E-state index in [1.807, 2.05) is 18.2 Å². The zero-order valence-electron chi connectivity index (χ0n) is 11.9. The van der Waals surface area contributed by atoms with Crippen molar-refractivity contribution in [1.82, 2.24) is 10.2 Å². The van der Waals surface area contributed by atoms with Gasteiger partial charge in [0.25, 0.3) is 0 Å². The number of benzene rings is 2. The molecule has 0 unspecified atom stereocenters. The average molecular weight is 400 g/mol. The Morgan fingerprint density at radius 3 is 2.46 bits per heavy atom. The number of amides is 2. The molecule has 5 nitrogen and oxygen atoms in total. The van der Waals surface area contributed by atoms with E-state index in [-0.39, 0.29) is 0 Å². The van der Waals surface area contributed by atoms with Crippen molar-refractivity contribution in [2.24, 2.45) is 0 Å². The Balaban J connectivity index is 1.69. The highest BCUT2D eigenvalue weighted by molar-refractivity contribution is 7.18. The van der Waals surface area contributed by atoms with Crippen molar-refractivity contribution in [3.63, 3.8) is 0 Å². The third-order valence-corrected chi connectivity index (χ3v) is 4.87. The van der Waals surface area contributed by atoms with Gasteiger partial charge in [-0.1, -0.05) is 64.3 Å². The van der Waals surface area contributed by atoms with E-state index in [1.54, 1.807) is 24.3 Å². The highest BCUT2D eigenvalue weighted by Crippen LogP contribution is 2.31. The summed E-state index contributed by atoms with van der Waals surface area (Å²) in [4.78, 5) is 12.0. The molecule has 0 bridgehead atoms. The van der Waals surface area contributed by atoms with Gasteiger partial charge in [-0.2, -0.15) is 0 Å². The van der Waals surface area contributed by atoms with Crippen molar-refractivity contribution in [1.29, 1.82) is 0 Å². The van der Waals surface area contributed by atoms with Gasteiger partial charge in [0, 0.05) is 11.3 Å². The van der Waals surface area contributed by atoms with Gasteiger partial charge < -0.3 is 5.32 Å². The molecule has 2 aromatic carbocycles. The lowest BCUT2D eigenvalue weighted by molar-refractivity contribution is 0.262. The molecule has 24 heavy (non-hydrogen) atoms. The van der Waals surface area contributed by atoms with Crippen LogP contribution >= 0.6 is 46.1 Å². The van der Waals surface area contributed by atoms with Gasteiger partial charge in [-0.25, -0.2) is 4.79 Å². The van der Waals surface area contributed by atoms with E-state index in [0.29, 0.717) is 30.9 Å². The van der Waals surface area contributed by atoms with Crippen molar-refractivity contribution < 1.29 is 4.79 Å². The molecule has 9 heteroatoms. The van der Waals surface area contributed by atoms with Crippen LogP contribution in [0.3, 0.4) is 0 Å². The minimum absolute atomic E-state index is 0.350. The van der Waals surface area contributed by atoms with E-state index in [1.165, 1.54) is 11.3 Å². The molecule has 2 N–H and O–H groups in total. The predicted octanol–water partition coefficient (Wildman–Crippen LogP) is 5.81. The normalized spacial score (nSPS) is 10.5. The largest absolute Gasteiger partial charge is 0.325 e. The maximum Gasteiger partial charge on any atom is 0.325 e. The summed E-state index contributed by atoms with van der Waals surface area (Å²) < 4.78 is 0. The van der Waals surface area contributed by atoms with Crippen LogP contribution in [0, 0.1) is 0 Å². The number of urea groups is 1. The summed E-state index contributed by atoms with van der Waals surface area (Å²) in [5.41, 5.74) is 1.27. The molecule has 3 rings (SSSR count). The molecule has 0 fully saturated rings. The summed E-state index contributed by atoms with van der Waals surface area (Å²) in [6.45, 7) is 0. The molecule has 1 aromatic heterocycles. The van der Waals surface area contributed by atoms with Crippen LogP contribution in [0.5, 0.6) is 0 Å². The number of rotatable bonds is 3. The maximum absolute atomic E-state index is 12.0. The summed E-state index contributed by atoms with van der Waals surface area (Å²) in [6, 6.07) is 11.6. The lowest BCUT2D eigenvalue weighted by Gasteiger charge is -2.06. The Bertz CT molecular complexity index is 900. The number of nitrogens with zero attached hydrogens (tertiary/aromatic N) is 2. The quantitative estimate of drug-likeness (QED) is 0.584. The number of nitrogens with one attached hydrogen (secondary N) is 2. The molecule has 0 aliphatic heterocycles. The highest BCUT2D eigenvalue weighted by Gasteiger charge is 2.12. The third kappa shape index (κ3) is 3.96. The van der Waals surface area contributed by atoms with E-state index in [4.69, 9.17) is 34.8 Å². The summed E-state index contributed by atoms with van der Waals surface area (Å²) >= 11 is 19.1. The number of hydrogen-bond donors (Lipinski definition) is 2. The number of hydrogen-bond acceptors (Lipinski definition) is 4. The monoisotopic (exact) mass is 398 g/mol. The summed E-state index contributed by atoms with van der Waals surface area (Å²) in [6.07, 6.45) is 0. The second-order valence-corrected chi connectivity index (χ2v) is 6.80. The zero-order chi connectivity index (χ0) is 17.1.